The summed E-state index contributed by atoms with van der Waals surface area (Å²) in [7, 11) is 0. The molecule has 1 fully saturated rings. The minimum absolute atomic E-state index is 0.327. The third kappa shape index (κ3) is 5.27. The summed E-state index contributed by atoms with van der Waals surface area (Å²) in [5, 5.41) is 5.65. The van der Waals surface area contributed by atoms with E-state index in [-0.39, 0.29) is 5.97 Å². The Labute approximate surface area is 178 Å². The summed E-state index contributed by atoms with van der Waals surface area (Å²) < 4.78 is 5.02. The molecule has 0 atom stereocenters. The second-order valence-corrected chi connectivity index (χ2v) is 8.64. The molecule has 0 unspecified atom stereocenters. The number of hydrogen-bond donors (Lipinski definition) is 0. The lowest BCUT2D eigenvalue weighted by Gasteiger charge is -2.33. The Morgan fingerprint density at radius 2 is 1.59 bits per heavy atom. The number of carbonyl (C=O) groups is 1. The highest BCUT2D eigenvalue weighted by molar-refractivity contribution is 7.13. The van der Waals surface area contributed by atoms with E-state index in [9.17, 15) is 4.79 Å². The number of aromatic nitrogens is 2. The van der Waals surface area contributed by atoms with Gasteiger partial charge in [-0.05, 0) is 6.92 Å². The van der Waals surface area contributed by atoms with Crippen molar-refractivity contribution < 1.29 is 9.53 Å². The fraction of sp³-hybridized carbons (Fsp3) is 0.381. The van der Waals surface area contributed by atoms with Gasteiger partial charge in [-0.1, -0.05) is 30.3 Å². The van der Waals surface area contributed by atoms with Crippen LogP contribution in [0.4, 0.5) is 0 Å². The van der Waals surface area contributed by atoms with Gasteiger partial charge in [-0.3, -0.25) is 9.80 Å². The predicted octanol–water partition coefficient (Wildman–Crippen LogP) is 3.76. The van der Waals surface area contributed by atoms with E-state index in [2.05, 4.69) is 32.3 Å². The molecule has 3 heterocycles. The number of rotatable bonds is 7. The summed E-state index contributed by atoms with van der Waals surface area (Å²) in [5.74, 6) is -0.327. The largest absolute Gasteiger partial charge is 0.461 e. The third-order valence-electron chi connectivity index (χ3n) is 4.81. The minimum atomic E-state index is -0.327. The highest BCUT2D eigenvalue weighted by Crippen LogP contribution is 2.24. The second kappa shape index (κ2) is 9.58. The first-order chi connectivity index (χ1) is 14.2. The molecule has 1 aromatic carbocycles. The molecule has 0 bridgehead atoms. The van der Waals surface area contributed by atoms with Gasteiger partial charge in [0.1, 0.15) is 5.01 Å². The number of nitrogens with zero attached hydrogens (tertiary/aromatic N) is 4. The molecule has 1 aliphatic heterocycles. The molecule has 6 nitrogen and oxygen atoms in total. The Bertz CT molecular complexity index is 933. The molecule has 152 valence electrons. The maximum absolute atomic E-state index is 11.8. The van der Waals surface area contributed by atoms with E-state index in [4.69, 9.17) is 9.72 Å². The lowest BCUT2D eigenvalue weighted by atomic mass is 10.2. The summed E-state index contributed by atoms with van der Waals surface area (Å²) in [5.41, 5.74) is 3.26. The minimum Gasteiger partial charge on any atom is -0.461 e. The van der Waals surface area contributed by atoms with Crippen LogP contribution < -0.4 is 0 Å². The average molecular weight is 429 g/mol. The van der Waals surface area contributed by atoms with Crippen LogP contribution in [0.25, 0.3) is 10.6 Å². The fourth-order valence-electron chi connectivity index (χ4n) is 3.32. The number of ether oxygens (including phenoxy) is 1. The van der Waals surface area contributed by atoms with Gasteiger partial charge >= 0.3 is 5.97 Å². The summed E-state index contributed by atoms with van der Waals surface area (Å²) >= 11 is 3.07. The zero-order valence-corrected chi connectivity index (χ0v) is 18.0. The van der Waals surface area contributed by atoms with Gasteiger partial charge in [-0.15, -0.1) is 22.7 Å². The highest BCUT2D eigenvalue weighted by Gasteiger charge is 2.20. The summed E-state index contributed by atoms with van der Waals surface area (Å²) in [4.78, 5) is 25.8. The van der Waals surface area contributed by atoms with E-state index in [0.717, 1.165) is 55.7 Å². The van der Waals surface area contributed by atoms with Crippen LogP contribution in [0.3, 0.4) is 0 Å². The predicted molar refractivity (Wildman–Crippen MR) is 116 cm³/mol. The van der Waals surface area contributed by atoms with Crippen LogP contribution in [-0.2, 0) is 17.8 Å². The van der Waals surface area contributed by atoms with Crippen LogP contribution in [0.15, 0.2) is 41.1 Å². The summed E-state index contributed by atoms with van der Waals surface area (Å²) in [6.45, 7) is 7.84. The van der Waals surface area contributed by atoms with Crippen molar-refractivity contribution in [1.82, 2.24) is 19.8 Å². The third-order valence-corrected chi connectivity index (χ3v) is 6.62. The van der Waals surface area contributed by atoms with Crippen molar-refractivity contribution in [1.29, 1.82) is 0 Å². The van der Waals surface area contributed by atoms with Crippen molar-refractivity contribution in [2.75, 3.05) is 32.8 Å². The Balaban J connectivity index is 1.26. The number of esters is 1. The molecular formula is C21H24N4O2S2. The van der Waals surface area contributed by atoms with E-state index in [1.54, 1.807) is 18.3 Å². The van der Waals surface area contributed by atoms with Gasteiger partial charge in [-0.25, -0.2) is 14.8 Å². The maximum Gasteiger partial charge on any atom is 0.367 e. The Hall–Kier alpha value is -2.13. The lowest BCUT2D eigenvalue weighted by molar-refractivity contribution is 0.0525. The van der Waals surface area contributed by atoms with Crippen LogP contribution in [0, 0.1) is 0 Å². The van der Waals surface area contributed by atoms with E-state index in [0.29, 0.717) is 11.6 Å². The van der Waals surface area contributed by atoms with Gasteiger partial charge in [0.25, 0.3) is 0 Å². The molecular weight excluding hydrogens is 404 g/mol. The molecule has 1 saturated heterocycles. The summed E-state index contributed by atoms with van der Waals surface area (Å²) in [6.07, 6.45) is 0. The van der Waals surface area contributed by atoms with Gasteiger partial charge in [0.15, 0.2) is 0 Å². The van der Waals surface area contributed by atoms with E-state index in [1.807, 2.05) is 23.6 Å². The fourth-order valence-corrected chi connectivity index (χ4v) is 4.84. The Kier molecular flexibility index (Phi) is 6.66. The van der Waals surface area contributed by atoms with Crippen molar-refractivity contribution in [2.24, 2.45) is 0 Å². The van der Waals surface area contributed by atoms with E-state index < -0.39 is 0 Å². The molecule has 29 heavy (non-hydrogen) atoms. The number of piperazine rings is 1. The number of carbonyl (C=O) groups excluding carboxylic acids is 1. The standard InChI is InChI=1S/C21H24N4O2S2/c1-2-27-21(26)20-23-18(15-29-20)13-25-10-8-24(9-11-25)12-17-14-28-19(22-17)16-6-4-3-5-7-16/h3-7,14-15H,2,8-13H2,1H3. The molecule has 0 N–H and O–H groups in total. The van der Waals surface area contributed by atoms with Crippen LogP contribution in [0.5, 0.6) is 0 Å². The van der Waals surface area contributed by atoms with Gasteiger partial charge in [-0.2, -0.15) is 0 Å². The maximum atomic E-state index is 11.8. The molecule has 0 aliphatic carbocycles. The highest BCUT2D eigenvalue weighted by atomic mass is 32.1. The van der Waals surface area contributed by atoms with E-state index >= 15 is 0 Å². The quantitative estimate of drug-likeness (QED) is 0.534. The molecule has 4 rings (SSSR count). The van der Waals surface area contributed by atoms with Crippen LogP contribution in [0.1, 0.15) is 28.1 Å². The molecule has 0 amide bonds. The molecule has 3 aromatic rings. The summed E-state index contributed by atoms with van der Waals surface area (Å²) in [6, 6.07) is 10.3. The first-order valence-corrected chi connectivity index (χ1v) is 11.5. The second-order valence-electron chi connectivity index (χ2n) is 6.93. The number of benzene rings is 1. The average Bonchev–Trinajstić information content (AvgIpc) is 3.40. The zero-order valence-electron chi connectivity index (χ0n) is 16.4. The van der Waals surface area contributed by atoms with Crippen LogP contribution in [-0.4, -0.2) is 58.5 Å². The number of thiazole rings is 2. The Morgan fingerprint density at radius 1 is 0.966 bits per heavy atom. The molecule has 0 saturated carbocycles. The first-order valence-electron chi connectivity index (χ1n) is 9.77. The molecule has 0 radical (unpaired) electrons. The molecule has 2 aromatic heterocycles. The van der Waals surface area contributed by atoms with Crippen molar-refractivity contribution in [3.05, 3.63) is 57.5 Å². The smallest absolute Gasteiger partial charge is 0.367 e. The number of hydrogen-bond acceptors (Lipinski definition) is 8. The molecule has 8 heteroatoms. The van der Waals surface area contributed by atoms with Gasteiger partial charge in [0, 0.05) is 55.6 Å². The van der Waals surface area contributed by atoms with E-state index in [1.165, 1.54) is 16.9 Å². The van der Waals surface area contributed by atoms with Crippen molar-refractivity contribution >= 4 is 28.6 Å². The monoisotopic (exact) mass is 428 g/mol. The van der Waals surface area contributed by atoms with Crippen molar-refractivity contribution in [3.8, 4) is 10.6 Å². The van der Waals surface area contributed by atoms with Crippen LogP contribution >= 0.6 is 22.7 Å². The van der Waals surface area contributed by atoms with Gasteiger partial charge in [0.05, 0.1) is 18.0 Å². The SMILES string of the molecule is CCOC(=O)c1nc(CN2CCN(Cc3csc(-c4ccccc4)n3)CC2)cs1. The first kappa shape index (κ1) is 20.2. The molecule has 1 aliphatic rings. The Morgan fingerprint density at radius 3 is 2.24 bits per heavy atom. The van der Waals surface area contributed by atoms with Gasteiger partial charge < -0.3 is 4.74 Å². The topological polar surface area (TPSA) is 58.6 Å². The molecule has 0 spiro atoms. The van der Waals surface area contributed by atoms with Gasteiger partial charge in [0.2, 0.25) is 5.01 Å². The van der Waals surface area contributed by atoms with Crippen molar-refractivity contribution in [2.45, 2.75) is 20.0 Å². The van der Waals surface area contributed by atoms with Crippen molar-refractivity contribution in [3.63, 3.8) is 0 Å². The zero-order chi connectivity index (χ0) is 20.1. The normalized spacial score (nSPS) is 15.5. The van der Waals surface area contributed by atoms with Crippen LogP contribution in [0.2, 0.25) is 0 Å². The lowest BCUT2D eigenvalue weighted by Crippen LogP contribution is -2.45.